The molecule has 6 rings (SSSR count). The van der Waals surface area contributed by atoms with Gasteiger partial charge in [0.15, 0.2) is 0 Å². The van der Waals surface area contributed by atoms with Crippen LogP contribution in [0.15, 0.2) is 96.6 Å². The predicted octanol–water partition coefficient (Wildman–Crippen LogP) is 3.42. The van der Waals surface area contributed by atoms with Gasteiger partial charge < -0.3 is 24.8 Å². The average molecular weight is 618 g/mol. The normalized spacial score (nSPS) is 13.4. The van der Waals surface area contributed by atoms with Crippen molar-refractivity contribution in [1.29, 1.82) is 0 Å². The quantitative estimate of drug-likeness (QED) is 0.215. The van der Waals surface area contributed by atoms with E-state index in [2.05, 4.69) is 124 Å². The molecule has 0 heterocycles. The standard InChI is InChI=1S/C31H25.C2H6Si.2ClH.Zr/c1-3-21-18-29-24(22-16-14-20(2)15-17-22)10-6-12-27(29)31(21)28-13-7-11-26-25-9-5-4-8-23(25)19-30(26)28;1-3-2;;;/h4-19,31H,3H2,1-2H3;1-2H3;2*1H;/q-1;;;;+3/p-2. The number of hydrogen-bond acceptors (Lipinski definition) is 0. The van der Waals surface area contributed by atoms with Crippen molar-refractivity contribution >= 4 is 37.1 Å². The Morgan fingerprint density at radius 3 is 2.08 bits per heavy atom. The summed E-state index contributed by atoms with van der Waals surface area (Å²) in [6, 6.07) is 33.7. The van der Waals surface area contributed by atoms with Crippen molar-refractivity contribution in [2.75, 3.05) is 0 Å². The van der Waals surface area contributed by atoms with E-state index >= 15 is 0 Å². The number of allylic oxidation sites excluding steroid dienone is 1. The molecule has 5 aromatic rings. The molecule has 0 spiro atoms. The van der Waals surface area contributed by atoms with Crippen molar-refractivity contribution in [3.05, 3.63) is 119 Å². The second-order valence-corrected chi connectivity index (χ2v) is 10.2. The van der Waals surface area contributed by atoms with Gasteiger partial charge in [-0.3, -0.25) is 0 Å². The van der Waals surface area contributed by atoms with Crippen LogP contribution in [-0.4, -0.2) is 9.52 Å². The monoisotopic (exact) mass is 615 g/mol. The third-order valence-corrected chi connectivity index (χ3v) is 6.92. The van der Waals surface area contributed by atoms with E-state index in [-0.39, 0.29) is 51.0 Å². The van der Waals surface area contributed by atoms with Gasteiger partial charge in [0, 0.05) is 15.4 Å². The molecule has 3 radical (unpaired) electrons. The van der Waals surface area contributed by atoms with Crippen LogP contribution in [0.2, 0.25) is 13.1 Å². The summed E-state index contributed by atoms with van der Waals surface area (Å²) in [5.74, 6) is 0.325. The summed E-state index contributed by atoms with van der Waals surface area (Å²) in [5, 5.41) is 5.44. The second-order valence-electron chi connectivity index (χ2n) is 9.22. The van der Waals surface area contributed by atoms with Crippen molar-refractivity contribution in [1.82, 2.24) is 0 Å². The topological polar surface area (TPSA) is 0 Å². The van der Waals surface area contributed by atoms with Gasteiger partial charge in [-0.25, -0.2) is 0 Å². The zero-order valence-corrected chi connectivity index (χ0v) is 26.7. The summed E-state index contributed by atoms with van der Waals surface area (Å²) in [6.07, 6.45) is 3.51. The molecule has 1 unspecified atom stereocenters. The van der Waals surface area contributed by atoms with E-state index in [1.165, 1.54) is 60.5 Å². The average Bonchev–Trinajstić information content (AvgIpc) is 3.43. The van der Waals surface area contributed by atoms with Crippen molar-refractivity contribution in [2.45, 2.75) is 39.3 Å². The summed E-state index contributed by atoms with van der Waals surface area (Å²) in [7, 11) is 1.08. The van der Waals surface area contributed by atoms with Crippen LogP contribution in [0.4, 0.5) is 0 Å². The van der Waals surface area contributed by atoms with Crippen LogP contribution in [-0.2, 0) is 26.2 Å². The molecule has 0 amide bonds. The smallest absolute Gasteiger partial charge is 1.00 e. The van der Waals surface area contributed by atoms with Gasteiger partial charge in [0.2, 0.25) is 0 Å². The minimum Gasteiger partial charge on any atom is -1.00 e. The zero-order chi connectivity index (χ0) is 23.7. The Labute approximate surface area is 255 Å². The predicted molar refractivity (Wildman–Crippen MR) is 151 cm³/mol. The molecule has 4 heteroatoms. The first kappa shape index (κ1) is 31.4. The van der Waals surface area contributed by atoms with E-state index in [4.69, 9.17) is 0 Å². The third kappa shape index (κ3) is 5.94. The molecule has 185 valence electrons. The van der Waals surface area contributed by atoms with Crippen LogP contribution < -0.4 is 24.8 Å². The maximum atomic E-state index is 2.46. The van der Waals surface area contributed by atoms with Crippen molar-refractivity contribution in [3.63, 3.8) is 0 Å². The molecule has 5 aromatic carbocycles. The number of benzene rings is 4. The minimum absolute atomic E-state index is 0. The fraction of sp³-hybridized carbons (Fsp3) is 0.182. The van der Waals surface area contributed by atoms with Gasteiger partial charge >= 0.3 is 26.2 Å². The fourth-order valence-corrected chi connectivity index (χ4v) is 5.38. The summed E-state index contributed by atoms with van der Waals surface area (Å²) in [4.78, 5) is 0. The van der Waals surface area contributed by atoms with Crippen LogP contribution >= 0.6 is 0 Å². The first-order valence-electron chi connectivity index (χ1n) is 12.2. The SMILES string of the molecule is CCC1=Cc2c(-c3ccc(C)cc3)cccc2C1c1cccc2c1[cH-]c1ccccc12.C[Si]C.[Cl-].[Cl-].[Zr+3]. The largest absolute Gasteiger partial charge is 3.00 e. The van der Waals surface area contributed by atoms with Gasteiger partial charge in [-0.1, -0.05) is 122 Å². The number of aryl methyl sites for hydroxylation is 1. The van der Waals surface area contributed by atoms with E-state index in [1.54, 1.807) is 0 Å². The van der Waals surface area contributed by atoms with Crippen LogP contribution in [0.25, 0.3) is 38.7 Å². The van der Waals surface area contributed by atoms with Crippen LogP contribution in [0.5, 0.6) is 0 Å². The fourth-order valence-electron chi connectivity index (χ4n) is 5.38. The molecule has 0 aromatic heterocycles. The van der Waals surface area contributed by atoms with Crippen molar-refractivity contribution in [3.8, 4) is 11.1 Å². The molecule has 0 saturated carbocycles. The first-order chi connectivity index (χ1) is 16.7. The maximum Gasteiger partial charge on any atom is 3.00 e. The zero-order valence-electron chi connectivity index (χ0n) is 21.8. The van der Waals surface area contributed by atoms with E-state index in [0.717, 1.165) is 15.9 Å². The molecule has 1 aliphatic rings. The molecule has 1 atom stereocenters. The van der Waals surface area contributed by atoms with E-state index in [9.17, 15) is 0 Å². The van der Waals surface area contributed by atoms with Gasteiger partial charge in [0.1, 0.15) is 0 Å². The third-order valence-electron chi connectivity index (χ3n) is 6.92. The molecule has 0 fully saturated rings. The summed E-state index contributed by atoms with van der Waals surface area (Å²) < 4.78 is 0. The Kier molecular flexibility index (Phi) is 11.7. The molecule has 0 nitrogen and oxygen atoms in total. The van der Waals surface area contributed by atoms with Gasteiger partial charge in [-0.15, -0.1) is 33.7 Å². The van der Waals surface area contributed by atoms with Crippen LogP contribution in [0.3, 0.4) is 0 Å². The molecule has 0 aliphatic heterocycles. The summed E-state index contributed by atoms with van der Waals surface area (Å²) >= 11 is 0. The number of halogens is 2. The Morgan fingerprint density at radius 2 is 1.38 bits per heavy atom. The van der Waals surface area contributed by atoms with E-state index in [0.29, 0.717) is 5.92 Å². The first-order valence-corrected chi connectivity index (χ1v) is 14.2. The molecular formula is C33H31Cl2SiZr. The summed E-state index contributed by atoms with van der Waals surface area (Å²) in [5.41, 5.74) is 9.70. The van der Waals surface area contributed by atoms with Crippen LogP contribution in [0, 0.1) is 6.92 Å². The Hall–Kier alpha value is -1.83. The number of rotatable bonds is 3. The minimum atomic E-state index is 0. The van der Waals surface area contributed by atoms with Gasteiger partial charge in [-0.2, -0.15) is 0 Å². The molecule has 0 saturated heterocycles. The van der Waals surface area contributed by atoms with Crippen LogP contribution in [0.1, 0.15) is 41.5 Å². The second kappa shape index (κ2) is 13.8. The maximum absolute atomic E-state index is 2.46. The van der Waals surface area contributed by atoms with Gasteiger partial charge in [0.05, 0.1) is 0 Å². The van der Waals surface area contributed by atoms with E-state index in [1.807, 2.05) is 0 Å². The Balaban J connectivity index is 0.000000767. The van der Waals surface area contributed by atoms with Gasteiger partial charge in [-0.05, 0) is 35.6 Å². The molecule has 0 N–H and O–H groups in total. The van der Waals surface area contributed by atoms with Crippen molar-refractivity contribution in [2.24, 2.45) is 0 Å². The van der Waals surface area contributed by atoms with E-state index < -0.39 is 0 Å². The summed E-state index contributed by atoms with van der Waals surface area (Å²) in [6.45, 7) is 8.74. The molecule has 0 bridgehead atoms. The molecule has 37 heavy (non-hydrogen) atoms. The Morgan fingerprint density at radius 1 is 0.757 bits per heavy atom. The molecular weight excluding hydrogens is 587 g/mol. The number of fused-ring (bicyclic) bond motifs is 4. The number of hydrogen-bond donors (Lipinski definition) is 0. The van der Waals surface area contributed by atoms with Crippen molar-refractivity contribution < 1.29 is 51.0 Å². The van der Waals surface area contributed by atoms with Gasteiger partial charge in [0.25, 0.3) is 0 Å². The Bertz CT molecular complexity index is 1500. The molecule has 1 aliphatic carbocycles.